The number of fused-ring (bicyclic) bond motifs is 2. The zero-order valence-corrected chi connectivity index (χ0v) is 27.8. The Kier molecular flexibility index (Phi) is 9.66. The molecule has 6 rings (SSSR count). The Morgan fingerprint density at radius 3 is 2.79 bits per heavy atom. The van der Waals surface area contributed by atoms with Crippen molar-refractivity contribution in [1.82, 2.24) is 24.6 Å². The third kappa shape index (κ3) is 7.46. The molecule has 2 N–H and O–H groups in total. The fourth-order valence-corrected chi connectivity index (χ4v) is 6.01. The molecular weight excluding hydrogens is 604 g/mol. The maximum atomic E-state index is 13.1. The Morgan fingerprint density at radius 2 is 2.04 bits per heavy atom. The minimum Gasteiger partial charge on any atom is -0.492 e. The number of anilines is 3. The number of rotatable bonds is 11. The molecule has 0 radical (unpaired) electrons. The molecule has 5 aromatic rings. The van der Waals surface area contributed by atoms with Crippen LogP contribution in [0, 0.1) is 11.3 Å². The van der Waals surface area contributed by atoms with Crippen LogP contribution in [-0.2, 0) is 22.5 Å². The fourth-order valence-electron chi connectivity index (χ4n) is 6.01. The van der Waals surface area contributed by atoms with Gasteiger partial charge < -0.3 is 20.1 Å². The number of amides is 1. The lowest BCUT2D eigenvalue weighted by Crippen LogP contribution is -2.48. The molecule has 0 spiro atoms. The average Bonchev–Trinajstić information content (AvgIpc) is 3.46. The number of benzene rings is 2. The number of morpholine rings is 1. The van der Waals surface area contributed by atoms with Gasteiger partial charge in [-0.2, -0.15) is 10.4 Å². The highest BCUT2D eigenvalue weighted by Gasteiger charge is 2.26. The smallest absolute Gasteiger partial charge is 0.248 e. The van der Waals surface area contributed by atoms with Crippen LogP contribution in [-0.4, -0.2) is 69.0 Å². The van der Waals surface area contributed by atoms with Crippen LogP contribution in [0.5, 0.6) is 5.75 Å². The zero-order valence-electron chi connectivity index (χ0n) is 27.8. The van der Waals surface area contributed by atoms with Gasteiger partial charge >= 0.3 is 0 Å². The molecular formula is C37H40N8O3. The van der Waals surface area contributed by atoms with Crippen molar-refractivity contribution >= 4 is 44.8 Å². The van der Waals surface area contributed by atoms with Crippen LogP contribution < -0.4 is 15.4 Å². The first-order valence-electron chi connectivity index (χ1n) is 16.3. The zero-order chi connectivity index (χ0) is 33.7. The molecule has 246 valence electrons. The van der Waals surface area contributed by atoms with E-state index in [1.165, 1.54) is 0 Å². The summed E-state index contributed by atoms with van der Waals surface area (Å²) in [6, 6.07) is 17.7. The summed E-state index contributed by atoms with van der Waals surface area (Å²) in [6.45, 7) is 11.9. The highest BCUT2D eigenvalue weighted by atomic mass is 16.5. The van der Waals surface area contributed by atoms with Crippen LogP contribution >= 0.6 is 0 Å². The highest BCUT2D eigenvalue weighted by Crippen LogP contribution is 2.38. The van der Waals surface area contributed by atoms with Gasteiger partial charge in [0.25, 0.3) is 0 Å². The number of carbonyl (C=O) groups excluding carboxylic acids is 1. The second-order valence-corrected chi connectivity index (χ2v) is 12.4. The second-order valence-electron chi connectivity index (χ2n) is 12.4. The van der Waals surface area contributed by atoms with Crippen molar-refractivity contribution in [2.24, 2.45) is 0 Å². The van der Waals surface area contributed by atoms with Gasteiger partial charge in [-0.3, -0.25) is 24.3 Å². The molecule has 0 aliphatic carbocycles. The summed E-state index contributed by atoms with van der Waals surface area (Å²) >= 11 is 0. The number of hydrogen-bond donors (Lipinski definition) is 2. The number of nitrogens with one attached hydrogen (secondary N) is 2. The quantitative estimate of drug-likeness (QED) is 0.161. The highest BCUT2D eigenvalue weighted by molar-refractivity contribution is 6.05. The maximum Gasteiger partial charge on any atom is 0.248 e. The van der Waals surface area contributed by atoms with Crippen molar-refractivity contribution in [2.75, 3.05) is 43.5 Å². The lowest BCUT2D eigenvalue weighted by Gasteiger charge is -2.37. The van der Waals surface area contributed by atoms with Gasteiger partial charge in [0.1, 0.15) is 11.8 Å². The van der Waals surface area contributed by atoms with Gasteiger partial charge in [0.15, 0.2) is 0 Å². The average molecular weight is 645 g/mol. The molecule has 1 aliphatic heterocycles. The molecule has 1 fully saturated rings. The van der Waals surface area contributed by atoms with E-state index in [9.17, 15) is 10.1 Å². The summed E-state index contributed by atoms with van der Waals surface area (Å²) in [4.78, 5) is 24.6. The van der Waals surface area contributed by atoms with E-state index < -0.39 is 0 Å². The number of aromatic nitrogens is 4. The van der Waals surface area contributed by atoms with E-state index in [4.69, 9.17) is 19.6 Å². The van der Waals surface area contributed by atoms with Crippen LogP contribution in [0.4, 0.5) is 17.1 Å². The topological polar surface area (TPSA) is 130 Å². The predicted octanol–water partition coefficient (Wildman–Crippen LogP) is 6.21. The van der Waals surface area contributed by atoms with Crippen molar-refractivity contribution in [2.45, 2.75) is 46.3 Å². The van der Waals surface area contributed by atoms with Crippen LogP contribution in [0.3, 0.4) is 0 Å². The molecule has 1 saturated heterocycles. The van der Waals surface area contributed by atoms with Crippen molar-refractivity contribution in [3.05, 3.63) is 90.0 Å². The molecule has 0 saturated carbocycles. The fraction of sp³-hybridized carbons (Fsp3) is 0.324. The monoisotopic (exact) mass is 644 g/mol. The standard InChI is InChI=1S/C37H40N8O3/c1-5-30-29(21-38)36(40-26-12-13-31-25(18-26)22-45(43-31)23-27-10-7-8-14-39-27)28-19-33(34(47-6-2)20-32(28)41-30)42-35(46)11-9-15-44-16-17-48-37(3,4)24-44/h7-14,18-20,22H,5-6,15-17,23-24H2,1-4H3,(H,40,41)(H,42,46)/b11-9+. The minimum absolute atomic E-state index is 0.209. The van der Waals surface area contributed by atoms with Crippen molar-refractivity contribution < 1.29 is 14.3 Å². The molecule has 11 nitrogen and oxygen atoms in total. The first kappa shape index (κ1) is 32.6. The van der Waals surface area contributed by atoms with Crippen molar-refractivity contribution in [3.8, 4) is 11.8 Å². The largest absolute Gasteiger partial charge is 0.492 e. The van der Waals surface area contributed by atoms with E-state index in [-0.39, 0.29) is 11.5 Å². The number of ether oxygens (including phenoxy) is 2. The summed E-state index contributed by atoms with van der Waals surface area (Å²) in [5, 5.41) is 23.2. The van der Waals surface area contributed by atoms with E-state index in [0.717, 1.165) is 35.4 Å². The summed E-state index contributed by atoms with van der Waals surface area (Å²) in [5.41, 5.74) is 5.24. The molecule has 4 heterocycles. The van der Waals surface area contributed by atoms with Crippen LogP contribution in [0.15, 0.2) is 73.1 Å². The molecule has 0 atom stereocenters. The van der Waals surface area contributed by atoms with Crippen LogP contribution in [0.25, 0.3) is 21.8 Å². The number of hydrogen-bond acceptors (Lipinski definition) is 9. The Bertz CT molecular complexity index is 2010. The predicted molar refractivity (Wildman–Crippen MR) is 188 cm³/mol. The molecule has 0 unspecified atom stereocenters. The normalized spacial score (nSPS) is 14.7. The van der Waals surface area contributed by atoms with Crippen LogP contribution in [0.1, 0.15) is 44.6 Å². The molecule has 1 aliphatic rings. The van der Waals surface area contributed by atoms with Gasteiger partial charge in [0.2, 0.25) is 5.91 Å². The van der Waals surface area contributed by atoms with E-state index in [0.29, 0.717) is 72.0 Å². The summed E-state index contributed by atoms with van der Waals surface area (Å²) in [7, 11) is 0. The van der Waals surface area contributed by atoms with Gasteiger partial charge in [0, 0.05) is 60.6 Å². The maximum absolute atomic E-state index is 13.1. The molecule has 11 heteroatoms. The Hall–Kier alpha value is -5.31. The molecule has 0 bridgehead atoms. The Labute approximate surface area is 280 Å². The lowest BCUT2D eigenvalue weighted by atomic mass is 10.0. The Balaban J connectivity index is 1.31. The molecule has 2 aromatic carbocycles. The molecule has 1 amide bonds. The minimum atomic E-state index is -0.274. The van der Waals surface area contributed by atoms with Crippen LogP contribution in [0.2, 0.25) is 0 Å². The third-order valence-corrected chi connectivity index (χ3v) is 8.17. The van der Waals surface area contributed by atoms with Gasteiger partial charge in [0.05, 0.1) is 64.7 Å². The van der Waals surface area contributed by atoms with E-state index in [1.807, 2.05) is 79.3 Å². The second kappa shape index (κ2) is 14.2. The molecule has 3 aromatic heterocycles. The van der Waals surface area contributed by atoms with Gasteiger partial charge in [-0.05, 0) is 63.6 Å². The summed E-state index contributed by atoms with van der Waals surface area (Å²) in [6.07, 6.45) is 7.74. The molecule has 48 heavy (non-hydrogen) atoms. The number of aryl methyl sites for hydroxylation is 1. The summed E-state index contributed by atoms with van der Waals surface area (Å²) in [5.74, 6) is 0.234. The van der Waals surface area contributed by atoms with E-state index >= 15 is 0 Å². The number of carbonyl (C=O) groups is 1. The summed E-state index contributed by atoms with van der Waals surface area (Å²) < 4.78 is 13.6. The first-order valence-corrected chi connectivity index (χ1v) is 16.3. The third-order valence-electron chi connectivity index (χ3n) is 8.17. The van der Waals surface area contributed by atoms with Crippen molar-refractivity contribution in [1.29, 1.82) is 5.26 Å². The number of nitrogens with zero attached hydrogens (tertiary/aromatic N) is 6. The SMILES string of the molecule is CCOc1cc2nc(CC)c(C#N)c(Nc3ccc4nn(Cc5ccccn5)cc4c3)c2cc1NC(=O)/C=C/CN1CCOC(C)(C)C1. The van der Waals surface area contributed by atoms with E-state index in [1.54, 1.807) is 12.3 Å². The van der Waals surface area contributed by atoms with Crippen molar-refractivity contribution in [3.63, 3.8) is 0 Å². The first-order chi connectivity index (χ1) is 23.2. The number of nitriles is 1. The Morgan fingerprint density at radius 1 is 1.17 bits per heavy atom. The number of pyridine rings is 2. The van der Waals surface area contributed by atoms with E-state index in [2.05, 4.69) is 40.4 Å². The van der Waals surface area contributed by atoms with Gasteiger partial charge in [-0.1, -0.05) is 19.1 Å². The lowest BCUT2D eigenvalue weighted by molar-refractivity contribution is -0.111. The van der Waals surface area contributed by atoms with Gasteiger partial charge in [-0.15, -0.1) is 0 Å². The van der Waals surface area contributed by atoms with Gasteiger partial charge in [-0.25, -0.2) is 0 Å².